The van der Waals surface area contributed by atoms with Gasteiger partial charge in [-0.3, -0.25) is 0 Å². The van der Waals surface area contributed by atoms with Crippen LogP contribution in [0.2, 0.25) is 0 Å². The summed E-state index contributed by atoms with van der Waals surface area (Å²) >= 11 is 0. The van der Waals surface area contributed by atoms with E-state index in [0.717, 1.165) is 41.2 Å². The fourth-order valence-corrected chi connectivity index (χ4v) is 3.00. The first-order valence-corrected chi connectivity index (χ1v) is 7.32. The lowest BCUT2D eigenvalue weighted by Gasteiger charge is -2.07. The highest BCUT2D eigenvalue weighted by Gasteiger charge is 2.24. The van der Waals surface area contributed by atoms with Gasteiger partial charge in [0.1, 0.15) is 11.6 Å². The summed E-state index contributed by atoms with van der Waals surface area (Å²) in [6, 6.07) is 14.5. The van der Waals surface area contributed by atoms with Crippen LogP contribution in [-0.4, -0.2) is 14.7 Å². The van der Waals surface area contributed by atoms with Crippen molar-refractivity contribution in [3.63, 3.8) is 0 Å². The van der Waals surface area contributed by atoms with Crippen LogP contribution in [-0.2, 0) is 6.54 Å². The number of fused-ring (bicyclic) bond motifs is 1. The van der Waals surface area contributed by atoms with Crippen LogP contribution < -0.4 is 0 Å². The summed E-state index contributed by atoms with van der Waals surface area (Å²) < 4.78 is 15.1. The minimum absolute atomic E-state index is 0.236. The van der Waals surface area contributed by atoms with E-state index in [1.54, 1.807) is 18.3 Å². The Kier molecular flexibility index (Phi) is 3.05. The zero-order chi connectivity index (χ0) is 15.1. The van der Waals surface area contributed by atoms with Crippen LogP contribution in [0.15, 0.2) is 54.7 Å². The first kappa shape index (κ1) is 13.2. The molecule has 4 rings (SSSR count). The summed E-state index contributed by atoms with van der Waals surface area (Å²) in [5.41, 5.74) is 3.87. The monoisotopic (exact) mass is 294 g/mol. The quantitative estimate of drug-likeness (QED) is 0.781. The van der Waals surface area contributed by atoms with Gasteiger partial charge in [0.2, 0.25) is 0 Å². The van der Waals surface area contributed by atoms with Gasteiger partial charge in [-0.05, 0) is 35.7 Å². The molecule has 0 saturated carbocycles. The van der Waals surface area contributed by atoms with Crippen molar-refractivity contribution in [3.8, 4) is 22.5 Å². The van der Waals surface area contributed by atoms with Gasteiger partial charge in [0, 0.05) is 12.1 Å². The minimum atomic E-state index is -0.415. The van der Waals surface area contributed by atoms with Crippen LogP contribution in [0.5, 0.6) is 0 Å². The van der Waals surface area contributed by atoms with E-state index in [0.29, 0.717) is 0 Å². The molecule has 1 unspecified atom stereocenters. The molecule has 1 aliphatic heterocycles. The molecule has 0 amide bonds. The van der Waals surface area contributed by atoms with Crippen LogP contribution in [0.3, 0.4) is 0 Å². The van der Waals surface area contributed by atoms with Gasteiger partial charge in [-0.1, -0.05) is 30.3 Å². The molecule has 1 N–H and O–H groups in total. The molecule has 3 nitrogen and oxygen atoms in total. The summed E-state index contributed by atoms with van der Waals surface area (Å²) in [7, 11) is 0. The molecule has 1 aromatic heterocycles. The second-order valence-corrected chi connectivity index (χ2v) is 5.55. The molecule has 0 spiro atoms. The number of halogens is 1. The first-order valence-electron chi connectivity index (χ1n) is 7.32. The molecule has 0 aliphatic carbocycles. The average molecular weight is 294 g/mol. The number of aliphatic hydroxyl groups is 1. The van der Waals surface area contributed by atoms with Crippen molar-refractivity contribution in [2.24, 2.45) is 0 Å². The lowest BCUT2D eigenvalue weighted by molar-refractivity contribution is 0.179. The Morgan fingerprint density at radius 2 is 1.82 bits per heavy atom. The highest BCUT2D eigenvalue weighted by Crippen LogP contribution is 2.32. The van der Waals surface area contributed by atoms with Crippen molar-refractivity contribution in [1.82, 2.24) is 9.55 Å². The number of hydrogen-bond acceptors (Lipinski definition) is 2. The number of aromatic nitrogens is 2. The van der Waals surface area contributed by atoms with Crippen LogP contribution in [0, 0.1) is 5.82 Å². The Morgan fingerprint density at radius 1 is 1.05 bits per heavy atom. The fourth-order valence-electron chi connectivity index (χ4n) is 3.00. The van der Waals surface area contributed by atoms with Gasteiger partial charge in [-0.2, -0.15) is 0 Å². The molecule has 0 fully saturated rings. The summed E-state index contributed by atoms with van der Waals surface area (Å²) in [6.45, 7) is 0.784. The molecular weight excluding hydrogens is 279 g/mol. The van der Waals surface area contributed by atoms with Gasteiger partial charge < -0.3 is 9.67 Å². The van der Waals surface area contributed by atoms with Gasteiger partial charge in [0.15, 0.2) is 0 Å². The normalized spacial score (nSPS) is 16.7. The van der Waals surface area contributed by atoms with E-state index in [1.807, 2.05) is 24.3 Å². The lowest BCUT2D eigenvalue weighted by Crippen LogP contribution is -1.96. The van der Waals surface area contributed by atoms with Crippen molar-refractivity contribution in [2.45, 2.75) is 19.1 Å². The summed E-state index contributed by atoms with van der Waals surface area (Å²) in [6.07, 6.45) is 2.07. The maximum Gasteiger partial charge on any atom is 0.140 e. The van der Waals surface area contributed by atoms with Crippen LogP contribution in [0.1, 0.15) is 18.2 Å². The molecule has 1 atom stereocenters. The second-order valence-electron chi connectivity index (χ2n) is 5.55. The van der Waals surface area contributed by atoms with Gasteiger partial charge in [-0.15, -0.1) is 0 Å². The molecule has 3 aromatic rings. The topological polar surface area (TPSA) is 38.0 Å². The molecule has 22 heavy (non-hydrogen) atoms. The van der Waals surface area contributed by atoms with Crippen molar-refractivity contribution in [3.05, 3.63) is 66.2 Å². The highest BCUT2D eigenvalue weighted by molar-refractivity contribution is 5.70. The predicted molar refractivity (Wildman–Crippen MR) is 82.6 cm³/mol. The summed E-state index contributed by atoms with van der Waals surface area (Å²) in [4.78, 5) is 4.45. The molecule has 1 aliphatic rings. The SMILES string of the molecule is OC1CCn2c1cnc2-c1cccc(-c2ccc(F)cc2)c1. The van der Waals surface area contributed by atoms with Gasteiger partial charge in [0.25, 0.3) is 0 Å². The van der Waals surface area contributed by atoms with E-state index >= 15 is 0 Å². The van der Waals surface area contributed by atoms with E-state index in [-0.39, 0.29) is 5.82 Å². The lowest BCUT2D eigenvalue weighted by atomic mass is 10.0. The molecule has 0 saturated heterocycles. The van der Waals surface area contributed by atoms with Crippen LogP contribution >= 0.6 is 0 Å². The van der Waals surface area contributed by atoms with E-state index in [9.17, 15) is 9.50 Å². The van der Waals surface area contributed by atoms with E-state index in [4.69, 9.17) is 0 Å². The highest BCUT2D eigenvalue weighted by atomic mass is 19.1. The summed E-state index contributed by atoms with van der Waals surface area (Å²) in [5, 5.41) is 9.90. The Labute approximate surface area is 127 Å². The van der Waals surface area contributed by atoms with E-state index < -0.39 is 6.10 Å². The van der Waals surface area contributed by atoms with Crippen LogP contribution in [0.4, 0.5) is 4.39 Å². The molecule has 110 valence electrons. The number of aliphatic hydroxyl groups excluding tert-OH is 1. The van der Waals surface area contributed by atoms with Crippen LogP contribution in [0.25, 0.3) is 22.5 Å². The number of hydrogen-bond donors (Lipinski definition) is 1. The number of rotatable bonds is 2. The smallest absolute Gasteiger partial charge is 0.140 e. The third kappa shape index (κ3) is 2.12. The zero-order valence-corrected chi connectivity index (χ0v) is 11.9. The molecule has 0 bridgehead atoms. The average Bonchev–Trinajstić information content (AvgIpc) is 3.12. The maximum atomic E-state index is 13.1. The Bertz CT molecular complexity index is 823. The van der Waals surface area contributed by atoms with E-state index in [2.05, 4.69) is 9.55 Å². The molecule has 2 aromatic carbocycles. The Morgan fingerprint density at radius 3 is 2.64 bits per heavy atom. The van der Waals surface area contributed by atoms with Crippen molar-refractivity contribution in [2.75, 3.05) is 0 Å². The number of imidazole rings is 1. The number of benzene rings is 2. The van der Waals surface area contributed by atoms with Gasteiger partial charge >= 0.3 is 0 Å². The van der Waals surface area contributed by atoms with E-state index in [1.165, 1.54) is 12.1 Å². The number of nitrogens with zero attached hydrogens (tertiary/aromatic N) is 2. The molecule has 4 heteroatoms. The largest absolute Gasteiger partial charge is 0.387 e. The van der Waals surface area contributed by atoms with Crippen molar-refractivity contribution < 1.29 is 9.50 Å². The fraction of sp³-hybridized carbons (Fsp3) is 0.167. The third-order valence-corrected chi connectivity index (χ3v) is 4.15. The second kappa shape index (κ2) is 5.07. The van der Waals surface area contributed by atoms with Gasteiger partial charge in [-0.25, -0.2) is 9.37 Å². The standard InChI is InChI=1S/C18H15FN2O/c19-15-6-4-12(5-7-15)13-2-1-3-14(10-13)18-20-11-16-17(22)8-9-21(16)18/h1-7,10-11,17,22H,8-9H2. The molecular formula is C18H15FN2O. The first-order chi connectivity index (χ1) is 10.7. The minimum Gasteiger partial charge on any atom is -0.387 e. The Balaban J connectivity index is 1.77. The molecule has 2 heterocycles. The predicted octanol–water partition coefficient (Wildman–Crippen LogP) is 3.79. The Hall–Kier alpha value is -2.46. The van der Waals surface area contributed by atoms with Gasteiger partial charge in [0.05, 0.1) is 18.0 Å². The van der Waals surface area contributed by atoms with Crippen molar-refractivity contribution in [1.29, 1.82) is 0 Å². The summed E-state index contributed by atoms with van der Waals surface area (Å²) in [5.74, 6) is 0.635. The maximum absolute atomic E-state index is 13.1. The van der Waals surface area contributed by atoms with Crippen molar-refractivity contribution >= 4 is 0 Å². The zero-order valence-electron chi connectivity index (χ0n) is 11.9. The molecule has 0 radical (unpaired) electrons. The third-order valence-electron chi connectivity index (χ3n) is 4.15.